The van der Waals surface area contributed by atoms with Crippen LogP contribution in [0.4, 0.5) is 0 Å². The number of aliphatic carboxylic acids is 1. The largest absolute Gasteiger partial charge is 0.481 e. The SMILES string of the molecule is O=C(O)[C@H]1CC[C@@H](Cc2ncc3nnn(-c4ccc5ncccc5c4)c3n2)C1. The first-order valence-electron chi connectivity index (χ1n) is 9.32. The van der Waals surface area contributed by atoms with Gasteiger partial charge in [-0.25, -0.2) is 9.97 Å². The van der Waals surface area contributed by atoms with E-state index in [0.717, 1.165) is 29.4 Å². The molecule has 1 aliphatic rings. The van der Waals surface area contributed by atoms with Crippen molar-refractivity contribution >= 4 is 28.0 Å². The third kappa shape index (κ3) is 2.96. The highest BCUT2D eigenvalue weighted by molar-refractivity contribution is 5.81. The van der Waals surface area contributed by atoms with Crippen LogP contribution in [-0.2, 0) is 11.2 Å². The smallest absolute Gasteiger partial charge is 0.306 e. The molecule has 0 aliphatic heterocycles. The fourth-order valence-corrected chi connectivity index (χ4v) is 3.97. The van der Waals surface area contributed by atoms with Gasteiger partial charge in [0.15, 0.2) is 11.2 Å². The predicted octanol–water partition coefficient (Wildman–Crippen LogP) is 2.80. The van der Waals surface area contributed by atoms with Crippen LogP contribution in [0.2, 0.25) is 0 Å². The maximum atomic E-state index is 11.2. The summed E-state index contributed by atoms with van der Waals surface area (Å²) in [5.74, 6) is 0.0586. The third-order valence-electron chi connectivity index (χ3n) is 5.44. The minimum absolute atomic E-state index is 0.243. The molecule has 1 N–H and O–H groups in total. The highest BCUT2D eigenvalue weighted by Gasteiger charge is 2.30. The number of carboxylic acids is 1. The lowest BCUT2D eigenvalue weighted by atomic mass is 10.0. The van der Waals surface area contributed by atoms with E-state index in [1.54, 1.807) is 17.1 Å². The number of pyridine rings is 1. The highest BCUT2D eigenvalue weighted by atomic mass is 16.4. The first-order valence-corrected chi connectivity index (χ1v) is 9.32. The Morgan fingerprint density at radius 1 is 1.18 bits per heavy atom. The molecule has 1 aliphatic carbocycles. The van der Waals surface area contributed by atoms with Gasteiger partial charge in [0.1, 0.15) is 5.82 Å². The Kier molecular flexibility index (Phi) is 3.96. The molecule has 0 saturated heterocycles. The van der Waals surface area contributed by atoms with E-state index in [4.69, 9.17) is 0 Å². The molecule has 5 rings (SSSR count). The normalized spacial score (nSPS) is 19.4. The van der Waals surface area contributed by atoms with Gasteiger partial charge in [-0.2, -0.15) is 4.68 Å². The first-order chi connectivity index (χ1) is 13.7. The lowest BCUT2D eigenvalue weighted by molar-refractivity contribution is -0.141. The monoisotopic (exact) mass is 374 g/mol. The minimum Gasteiger partial charge on any atom is -0.481 e. The number of hydrogen-bond donors (Lipinski definition) is 1. The summed E-state index contributed by atoms with van der Waals surface area (Å²) in [5, 5.41) is 18.6. The van der Waals surface area contributed by atoms with Crippen molar-refractivity contribution in [1.82, 2.24) is 29.9 Å². The van der Waals surface area contributed by atoms with E-state index >= 15 is 0 Å². The van der Waals surface area contributed by atoms with E-state index in [0.29, 0.717) is 35.7 Å². The number of aromatic nitrogens is 6. The van der Waals surface area contributed by atoms with Crippen LogP contribution in [0.3, 0.4) is 0 Å². The van der Waals surface area contributed by atoms with Gasteiger partial charge < -0.3 is 5.11 Å². The summed E-state index contributed by atoms with van der Waals surface area (Å²) in [6.07, 6.45) is 6.44. The van der Waals surface area contributed by atoms with Crippen LogP contribution < -0.4 is 0 Å². The summed E-state index contributed by atoms with van der Waals surface area (Å²) in [6.45, 7) is 0. The van der Waals surface area contributed by atoms with E-state index in [9.17, 15) is 9.90 Å². The van der Waals surface area contributed by atoms with Gasteiger partial charge in [-0.05, 0) is 49.4 Å². The summed E-state index contributed by atoms with van der Waals surface area (Å²) in [7, 11) is 0. The van der Waals surface area contributed by atoms with Gasteiger partial charge in [-0.3, -0.25) is 9.78 Å². The lowest BCUT2D eigenvalue weighted by Crippen LogP contribution is -2.11. The molecule has 140 valence electrons. The van der Waals surface area contributed by atoms with Gasteiger partial charge in [0.25, 0.3) is 0 Å². The summed E-state index contributed by atoms with van der Waals surface area (Å²) in [5.41, 5.74) is 3.06. The van der Waals surface area contributed by atoms with Gasteiger partial charge in [0, 0.05) is 18.0 Å². The van der Waals surface area contributed by atoms with Gasteiger partial charge in [0.05, 0.1) is 23.3 Å². The Morgan fingerprint density at radius 3 is 2.96 bits per heavy atom. The number of carboxylic acid groups (broad SMARTS) is 1. The van der Waals surface area contributed by atoms with Crippen molar-refractivity contribution in [2.45, 2.75) is 25.7 Å². The molecule has 1 saturated carbocycles. The fourth-order valence-electron chi connectivity index (χ4n) is 3.97. The van der Waals surface area contributed by atoms with E-state index in [-0.39, 0.29) is 5.92 Å². The minimum atomic E-state index is -0.702. The maximum Gasteiger partial charge on any atom is 0.306 e. The number of hydrogen-bond acceptors (Lipinski definition) is 6. The molecule has 0 spiro atoms. The van der Waals surface area contributed by atoms with Crippen LogP contribution in [0.5, 0.6) is 0 Å². The molecule has 2 atom stereocenters. The zero-order valence-corrected chi connectivity index (χ0v) is 15.1. The zero-order valence-electron chi connectivity index (χ0n) is 15.1. The molecule has 3 aromatic heterocycles. The second-order valence-corrected chi connectivity index (χ2v) is 7.30. The average molecular weight is 374 g/mol. The van der Waals surface area contributed by atoms with Gasteiger partial charge in [-0.1, -0.05) is 11.3 Å². The molecular weight excluding hydrogens is 356 g/mol. The van der Waals surface area contributed by atoms with E-state index in [1.165, 1.54) is 0 Å². The van der Waals surface area contributed by atoms with Crippen LogP contribution in [0, 0.1) is 11.8 Å². The molecule has 0 radical (unpaired) electrons. The quantitative estimate of drug-likeness (QED) is 0.585. The molecule has 0 unspecified atom stereocenters. The summed E-state index contributed by atoms with van der Waals surface area (Å²) in [6, 6.07) is 9.80. The third-order valence-corrected chi connectivity index (χ3v) is 5.44. The molecule has 3 heterocycles. The lowest BCUT2D eigenvalue weighted by Gasteiger charge is -2.08. The van der Waals surface area contributed by atoms with Gasteiger partial charge in [0.2, 0.25) is 0 Å². The molecule has 0 amide bonds. The van der Waals surface area contributed by atoms with Crippen LogP contribution in [-0.4, -0.2) is 41.0 Å². The van der Waals surface area contributed by atoms with Gasteiger partial charge >= 0.3 is 5.97 Å². The molecule has 4 aromatic rings. The van der Waals surface area contributed by atoms with Crippen LogP contribution >= 0.6 is 0 Å². The number of fused-ring (bicyclic) bond motifs is 2. The standard InChI is InChI=1S/C20H18N6O2/c27-20(28)14-4-3-12(8-14)9-18-22-11-17-19(23-18)26(25-24-17)15-5-6-16-13(10-15)2-1-7-21-16/h1-2,5-7,10-12,14H,3-4,8-9H2,(H,27,28)/t12-,14+/m1/s1. The second-order valence-electron chi connectivity index (χ2n) is 7.30. The van der Waals surface area contributed by atoms with Crippen molar-refractivity contribution in [1.29, 1.82) is 0 Å². The van der Waals surface area contributed by atoms with Crippen molar-refractivity contribution in [3.8, 4) is 5.69 Å². The number of benzene rings is 1. The zero-order chi connectivity index (χ0) is 19.1. The van der Waals surface area contributed by atoms with Crippen LogP contribution in [0.1, 0.15) is 25.1 Å². The number of carbonyl (C=O) groups is 1. The Balaban J connectivity index is 1.47. The number of rotatable bonds is 4. The molecule has 28 heavy (non-hydrogen) atoms. The van der Waals surface area contributed by atoms with Crippen molar-refractivity contribution in [3.63, 3.8) is 0 Å². The highest BCUT2D eigenvalue weighted by Crippen LogP contribution is 2.33. The average Bonchev–Trinajstić information content (AvgIpc) is 3.34. The summed E-state index contributed by atoms with van der Waals surface area (Å²) >= 11 is 0. The molecule has 1 fully saturated rings. The number of nitrogens with zero attached hydrogens (tertiary/aromatic N) is 6. The van der Waals surface area contributed by atoms with Crippen molar-refractivity contribution in [2.24, 2.45) is 11.8 Å². The van der Waals surface area contributed by atoms with E-state index in [1.807, 2.05) is 30.3 Å². The molecule has 8 nitrogen and oxygen atoms in total. The van der Waals surface area contributed by atoms with E-state index < -0.39 is 5.97 Å². The topological polar surface area (TPSA) is 107 Å². The summed E-state index contributed by atoms with van der Waals surface area (Å²) < 4.78 is 1.71. The Morgan fingerprint density at radius 2 is 2.11 bits per heavy atom. The molecule has 8 heteroatoms. The Bertz CT molecular complexity index is 1190. The molecular formula is C20H18N6O2. The van der Waals surface area contributed by atoms with Crippen LogP contribution in [0.15, 0.2) is 42.7 Å². The maximum absolute atomic E-state index is 11.2. The van der Waals surface area contributed by atoms with E-state index in [2.05, 4.69) is 25.3 Å². The molecule has 0 bridgehead atoms. The van der Waals surface area contributed by atoms with Crippen LogP contribution in [0.25, 0.3) is 27.8 Å². The Labute approximate surface area is 160 Å². The summed E-state index contributed by atoms with van der Waals surface area (Å²) in [4.78, 5) is 24.6. The second kappa shape index (κ2) is 6.63. The predicted molar refractivity (Wildman–Crippen MR) is 102 cm³/mol. The molecule has 1 aromatic carbocycles. The first kappa shape index (κ1) is 16.7. The van der Waals surface area contributed by atoms with Gasteiger partial charge in [-0.15, -0.1) is 5.10 Å². The Hall–Kier alpha value is -3.42. The fraction of sp³-hybridized carbons (Fsp3) is 0.300. The van der Waals surface area contributed by atoms with Crippen molar-refractivity contribution in [3.05, 3.63) is 48.5 Å². The van der Waals surface area contributed by atoms with Crippen molar-refractivity contribution < 1.29 is 9.90 Å². The van der Waals surface area contributed by atoms with Crippen molar-refractivity contribution in [2.75, 3.05) is 0 Å².